The van der Waals surface area contributed by atoms with Crippen LogP contribution in [0, 0.1) is 5.82 Å². The van der Waals surface area contributed by atoms with Gasteiger partial charge in [-0.2, -0.15) is 0 Å². The molecule has 1 amide bonds. The SMILES string of the molecule is COc1ccc(N2C(=O)C(O)=C(C(=O)/C=C/c3ccccc3)C2c2ccc(F)cc2)cc1. The summed E-state index contributed by atoms with van der Waals surface area (Å²) in [5, 5.41) is 10.7. The molecule has 1 atom stereocenters. The van der Waals surface area contributed by atoms with Gasteiger partial charge in [0.2, 0.25) is 0 Å². The number of hydrogen-bond donors (Lipinski definition) is 1. The highest BCUT2D eigenvalue weighted by molar-refractivity contribution is 6.19. The lowest BCUT2D eigenvalue weighted by Crippen LogP contribution is -2.30. The largest absolute Gasteiger partial charge is 0.503 e. The molecule has 0 aliphatic carbocycles. The normalized spacial score (nSPS) is 16.1. The van der Waals surface area contributed by atoms with Gasteiger partial charge in [0.25, 0.3) is 5.91 Å². The second-order valence-electron chi connectivity index (χ2n) is 7.20. The van der Waals surface area contributed by atoms with Gasteiger partial charge < -0.3 is 9.84 Å². The predicted molar refractivity (Wildman–Crippen MR) is 120 cm³/mol. The molecule has 32 heavy (non-hydrogen) atoms. The van der Waals surface area contributed by atoms with E-state index >= 15 is 0 Å². The summed E-state index contributed by atoms with van der Waals surface area (Å²) < 4.78 is 18.7. The Morgan fingerprint density at radius 1 is 1.00 bits per heavy atom. The highest BCUT2D eigenvalue weighted by atomic mass is 19.1. The lowest BCUT2D eigenvalue weighted by atomic mass is 9.95. The van der Waals surface area contributed by atoms with Crippen molar-refractivity contribution in [3.8, 4) is 5.75 Å². The van der Waals surface area contributed by atoms with Crippen molar-refractivity contribution < 1.29 is 23.8 Å². The second-order valence-corrected chi connectivity index (χ2v) is 7.20. The first-order valence-electron chi connectivity index (χ1n) is 9.93. The van der Waals surface area contributed by atoms with Crippen molar-refractivity contribution >= 4 is 23.5 Å². The van der Waals surface area contributed by atoms with Crippen LogP contribution in [0.3, 0.4) is 0 Å². The fourth-order valence-corrected chi connectivity index (χ4v) is 3.65. The third kappa shape index (κ3) is 4.03. The lowest BCUT2D eigenvalue weighted by Gasteiger charge is -2.26. The van der Waals surface area contributed by atoms with Crippen LogP contribution >= 0.6 is 0 Å². The Balaban J connectivity index is 1.77. The van der Waals surface area contributed by atoms with E-state index in [0.29, 0.717) is 17.0 Å². The summed E-state index contributed by atoms with van der Waals surface area (Å²) in [4.78, 5) is 27.5. The standard InChI is InChI=1S/C26H20FNO4/c1-32-21-14-12-20(13-15-21)28-24(18-8-10-19(27)11-9-18)23(25(30)26(28)31)22(29)16-7-17-5-3-2-4-6-17/h2-16,24,30H,1H3/b16-7+. The average Bonchev–Trinajstić information content (AvgIpc) is 3.09. The summed E-state index contributed by atoms with van der Waals surface area (Å²) in [7, 11) is 1.53. The van der Waals surface area contributed by atoms with Gasteiger partial charge >= 0.3 is 0 Å². The monoisotopic (exact) mass is 429 g/mol. The number of aliphatic hydroxyl groups excluding tert-OH is 1. The summed E-state index contributed by atoms with van der Waals surface area (Å²) in [5.74, 6) is -1.69. The number of ether oxygens (including phenoxy) is 1. The van der Waals surface area contributed by atoms with Gasteiger partial charge in [0.1, 0.15) is 11.6 Å². The zero-order chi connectivity index (χ0) is 22.7. The van der Waals surface area contributed by atoms with E-state index in [1.165, 1.54) is 42.4 Å². The fraction of sp³-hybridized carbons (Fsp3) is 0.0769. The smallest absolute Gasteiger partial charge is 0.294 e. The highest BCUT2D eigenvalue weighted by Crippen LogP contribution is 2.41. The minimum Gasteiger partial charge on any atom is -0.503 e. The number of amides is 1. The Bertz CT molecular complexity index is 1200. The topological polar surface area (TPSA) is 66.8 Å². The van der Waals surface area contributed by atoms with Crippen molar-refractivity contribution in [3.63, 3.8) is 0 Å². The number of allylic oxidation sites excluding steroid dienone is 1. The first kappa shape index (κ1) is 21.1. The van der Waals surface area contributed by atoms with Crippen LogP contribution in [0.25, 0.3) is 6.08 Å². The van der Waals surface area contributed by atoms with Gasteiger partial charge in [-0.3, -0.25) is 14.5 Å². The summed E-state index contributed by atoms with van der Waals surface area (Å²) in [5.41, 5.74) is 1.70. The molecule has 0 spiro atoms. The molecular formula is C26H20FNO4. The Morgan fingerprint density at radius 2 is 1.66 bits per heavy atom. The second kappa shape index (κ2) is 8.89. The van der Waals surface area contributed by atoms with Crippen LogP contribution in [-0.2, 0) is 9.59 Å². The first-order valence-corrected chi connectivity index (χ1v) is 9.93. The van der Waals surface area contributed by atoms with Crippen LogP contribution in [0.2, 0.25) is 0 Å². The van der Waals surface area contributed by atoms with Crippen molar-refractivity contribution in [2.45, 2.75) is 6.04 Å². The molecule has 6 heteroatoms. The minimum atomic E-state index is -0.913. The van der Waals surface area contributed by atoms with Crippen molar-refractivity contribution in [2.24, 2.45) is 0 Å². The van der Waals surface area contributed by atoms with Crippen LogP contribution in [-0.4, -0.2) is 23.9 Å². The molecule has 1 aliphatic rings. The van der Waals surface area contributed by atoms with E-state index in [9.17, 15) is 19.1 Å². The van der Waals surface area contributed by atoms with E-state index in [1.54, 1.807) is 30.3 Å². The molecule has 3 aromatic carbocycles. The zero-order valence-electron chi connectivity index (χ0n) is 17.2. The summed E-state index contributed by atoms with van der Waals surface area (Å²) in [6.45, 7) is 0. The molecule has 0 saturated heterocycles. The molecule has 5 nitrogen and oxygen atoms in total. The molecule has 0 fully saturated rings. The van der Waals surface area contributed by atoms with E-state index < -0.39 is 29.3 Å². The van der Waals surface area contributed by atoms with E-state index in [2.05, 4.69) is 0 Å². The van der Waals surface area contributed by atoms with Crippen molar-refractivity contribution in [1.82, 2.24) is 0 Å². The number of carbonyl (C=O) groups excluding carboxylic acids is 2. The third-order valence-corrected chi connectivity index (χ3v) is 5.24. The summed E-state index contributed by atoms with van der Waals surface area (Å²) in [6, 6.07) is 20.5. The summed E-state index contributed by atoms with van der Waals surface area (Å²) >= 11 is 0. The first-order chi connectivity index (χ1) is 15.5. The molecule has 0 bridgehead atoms. The average molecular weight is 429 g/mol. The number of rotatable bonds is 6. The maximum absolute atomic E-state index is 13.6. The van der Waals surface area contributed by atoms with Gasteiger partial charge in [0.15, 0.2) is 11.5 Å². The molecule has 1 aliphatic heterocycles. The van der Waals surface area contributed by atoms with Gasteiger partial charge in [-0.05, 0) is 53.6 Å². The number of anilines is 1. The number of carbonyl (C=O) groups is 2. The highest BCUT2D eigenvalue weighted by Gasteiger charge is 2.43. The maximum Gasteiger partial charge on any atom is 0.294 e. The Labute approximate surface area is 184 Å². The van der Waals surface area contributed by atoms with E-state index in [1.807, 2.05) is 30.3 Å². The van der Waals surface area contributed by atoms with Gasteiger partial charge in [-0.25, -0.2) is 4.39 Å². The van der Waals surface area contributed by atoms with Crippen LogP contribution in [0.15, 0.2) is 96.3 Å². The van der Waals surface area contributed by atoms with Gasteiger partial charge in [-0.15, -0.1) is 0 Å². The number of halogens is 1. The molecular weight excluding hydrogens is 409 g/mol. The van der Waals surface area contributed by atoms with Crippen LogP contribution in [0.1, 0.15) is 17.2 Å². The number of aliphatic hydroxyl groups is 1. The van der Waals surface area contributed by atoms with E-state index in [0.717, 1.165) is 5.56 Å². The number of benzene rings is 3. The van der Waals surface area contributed by atoms with Gasteiger partial charge in [0, 0.05) is 5.69 Å². The minimum absolute atomic E-state index is 0.0652. The quantitative estimate of drug-likeness (QED) is 0.559. The lowest BCUT2D eigenvalue weighted by molar-refractivity contribution is -0.117. The summed E-state index contributed by atoms with van der Waals surface area (Å²) in [6.07, 6.45) is 2.94. The molecule has 4 rings (SSSR count). The van der Waals surface area contributed by atoms with E-state index in [-0.39, 0.29) is 5.57 Å². The molecule has 1 N–H and O–H groups in total. The molecule has 0 saturated carbocycles. The van der Waals surface area contributed by atoms with Crippen molar-refractivity contribution in [2.75, 3.05) is 12.0 Å². The molecule has 0 aromatic heterocycles. The van der Waals surface area contributed by atoms with Crippen LogP contribution < -0.4 is 9.64 Å². The van der Waals surface area contributed by atoms with Crippen LogP contribution in [0.4, 0.5) is 10.1 Å². The Hall–Kier alpha value is -4.19. The molecule has 0 radical (unpaired) electrons. The maximum atomic E-state index is 13.6. The van der Waals surface area contributed by atoms with Gasteiger partial charge in [-0.1, -0.05) is 48.5 Å². The Morgan fingerprint density at radius 3 is 2.28 bits per heavy atom. The molecule has 1 heterocycles. The predicted octanol–water partition coefficient (Wildman–Crippen LogP) is 5.02. The van der Waals surface area contributed by atoms with E-state index in [4.69, 9.17) is 4.74 Å². The fourth-order valence-electron chi connectivity index (χ4n) is 3.65. The third-order valence-electron chi connectivity index (χ3n) is 5.24. The number of nitrogens with zero attached hydrogens (tertiary/aromatic N) is 1. The number of hydrogen-bond acceptors (Lipinski definition) is 4. The number of ketones is 1. The molecule has 1 unspecified atom stereocenters. The zero-order valence-corrected chi connectivity index (χ0v) is 17.2. The Kier molecular flexibility index (Phi) is 5.85. The van der Waals surface area contributed by atoms with Crippen molar-refractivity contribution in [1.29, 1.82) is 0 Å². The molecule has 3 aromatic rings. The van der Waals surface area contributed by atoms with Crippen LogP contribution in [0.5, 0.6) is 5.75 Å². The van der Waals surface area contributed by atoms with Gasteiger partial charge in [0.05, 0.1) is 18.7 Å². The molecule has 160 valence electrons. The van der Waals surface area contributed by atoms with Crippen molar-refractivity contribution in [3.05, 3.63) is 113 Å². The number of methoxy groups -OCH3 is 1.